The van der Waals surface area contributed by atoms with Crippen molar-refractivity contribution in [2.45, 2.75) is 6.42 Å². The van der Waals surface area contributed by atoms with Crippen LogP contribution in [0.1, 0.15) is 16.2 Å². The number of thiazole rings is 1. The summed E-state index contributed by atoms with van der Waals surface area (Å²) in [6.45, 7) is 0. The van der Waals surface area contributed by atoms with Crippen LogP contribution in [-0.4, -0.2) is 21.8 Å². The smallest absolute Gasteiger partial charge is 0.307 e. The van der Waals surface area contributed by atoms with Crippen molar-refractivity contribution in [3.63, 3.8) is 0 Å². The summed E-state index contributed by atoms with van der Waals surface area (Å²) in [7, 11) is 0. The molecule has 1 aromatic heterocycles. The van der Waals surface area contributed by atoms with Gasteiger partial charge in [0.15, 0.2) is 10.8 Å². The van der Waals surface area contributed by atoms with E-state index >= 15 is 0 Å². The molecule has 0 bridgehead atoms. The second-order valence-electron chi connectivity index (χ2n) is 2.99. The first-order chi connectivity index (χ1) is 6.20. The molecule has 1 saturated carbocycles. The maximum absolute atomic E-state index is 11.5. The third kappa shape index (κ3) is 1.47. The molecule has 0 amide bonds. The van der Waals surface area contributed by atoms with Gasteiger partial charge in [-0.3, -0.25) is 9.59 Å². The number of ketones is 1. The second-order valence-corrected chi connectivity index (χ2v) is 3.88. The lowest BCUT2D eigenvalue weighted by molar-refractivity contribution is -0.138. The number of carbonyl (C=O) groups excluding carboxylic acids is 1. The highest BCUT2D eigenvalue weighted by molar-refractivity contribution is 7.11. The highest BCUT2D eigenvalue weighted by Crippen LogP contribution is 2.41. The Hall–Kier alpha value is -1.23. The Balaban J connectivity index is 2.06. The highest BCUT2D eigenvalue weighted by atomic mass is 32.1. The van der Waals surface area contributed by atoms with E-state index in [4.69, 9.17) is 5.11 Å². The lowest BCUT2D eigenvalue weighted by Crippen LogP contribution is -2.07. The predicted molar refractivity (Wildman–Crippen MR) is 45.7 cm³/mol. The second kappa shape index (κ2) is 2.92. The Bertz CT molecular complexity index is 346. The van der Waals surface area contributed by atoms with Crippen LogP contribution in [0.4, 0.5) is 0 Å². The fraction of sp³-hybridized carbons (Fsp3) is 0.375. The van der Waals surface area contributed by atoms with Crippen molar-refractivity contribution in [1.29, 1.82) is 0 Å². The van der Waals surface area contributed by atoms with E-state index < -0.39 is 11.9 Å². The SMILES string of the molecule is O=C(O)C1CC1C(=O)c1nccs1. The Morgan fingerprint density at radius 3 is 2.77 bits per heavy atom. The van der Waals surface area contributed by atoms with Gasteiger partial charge in [-0.2, -0.15) is 0 Å². The molecule has 1 heterocycles. The van der Waals surface area contributed by atoms with Gasteiger partial charge in [0.2, 0.25) is 0 Å². The van der Waals surface area contributed by atoms with Crippen LogP contribution in [-0.2, 0) is 4.79 Å². The minimum absolute atomic E-state index is 0.123. The van der Waals surface area contributed by atoms with E-state index in [1.54, 1.807) is 11.6 Å². The van der Waals surface area contributed by atoms with Crippen LogP contribution >= 0.6 is 11.3 Å². The summed E-state index contributed by atoms with van der Waals surface area (Å²) >= 11 is 1.26. The summed E-state index contributed by atoms with van der Waals surface area (Å²) in [5.41, 5.74) is 0. The number of hydrogen-bond acceptors (Lipinski definition) is 4. The van der Waals surface area contributed by atoms with Crippen LogP contribution in [0.15, 0.2) is 11.6 Å². The van der Waals surface area contributed by atoms with Gasteiger partial charge in [-0.05, 0) is 6.42 Å². The molecule has 0 aromatic carbocycles. The fourth-order valence-electron chi connectivity index (χ4n) is 1.26. The molecule has 1 fully saturated rings. The molecule has 4 nitrogen and oxygen atoms in total. The van der Waals surface area contributed by atoms with Crippen molar-refractivity contribution in [3.05, 3.63) is 16.6 Å². The van der Waals surface area contributed by atoms with E-state index in [9.17, 15) is 9.59 Å². The number of aliphatic carboxylic acids is 1. The molecule has 1 N–H and O–H groups in total. The zero-order chi connectivity index (χ0) is 9.42. The van der Waals surface area contributed by atoms with Gasteiger partial charge in [0, 0.05) is 17.5 Å². The number of hydrogen-bond donors (Lipinski definition) is 1. The zero-order valence-corrected chi connectivity index (χ0v) is 7.45. The molecular formula is C8H7NO3S. The molecular weight excluding hydrogens is 190 g/mol. The first-order valence-electron chi connectivity index (χ1n) is 3.86. The molecule has 68 valence electrons. The summed E-state index contributed by atoms with van der Waals surface area (Å²) in [5, 5.41) is 10.7. The van der Waals surface area contributed by atoms with Crippen LogP contribution in [0.25, 0.3) is 0 Å². The summed E-state index contributed by atoms with van der Waals surface area (Å²) < 4.78 is 0. The van der Waals surface area contributed by atoms with Gasteiger partial charge >= 0.3 is 5.97 Å². The van der Waals surface area contributed by atoms with Gasteiger partial charge in [0.05, 0.1) is 5.92 Å². The number of carboxylic acids is 1. The lowest BCUT2D eigenvalue weighted by atomic mass is 10.2. The van der Waals surface area contributed by atoms with Gasteiger partial charge in [0.25, 0.3) is 0 Å². The van der Waals surface area contributed by atoms with Gasteiger partial charge in [-0.1, -0.05) is 0 Å². The number of aromatic nitrogens is 1. The molecule has 0 spiro atoms. The van der Waals surface area contributed by atoms with Crippen molar-refractivity contribution in [1.82, 2.24) is 4.98 Å². The maximum atomic E-state index is 11.5. The maximum Gasteiger partial charge on any atom is 0.307 e. The van der Waals surface area contributed by atoms with Crippen molar-refractivity contribution in [2.75, 3.05) is 0 Å². The molecule has 0 aliphatic heterocycles. The van der Waals surface area contributed by atoms with Gasteiger partial charge in [-0.15, -0.1) is 11.3 Å². The Morgan fingerprint density at radius 2 is 2.31 bits per heavy atom. The number of Topliss-reactive ketones (excluding diaryl/α,β-unsaturated/α-hetero) is 1. The predicted octanol–water partition coefficient (Wildman–Crippen LogP) is 1.05. The molecule has 2 rings (SSSR count). The molecule has 0 radical (unpaired) electrons. The van der Waals surface area contributed by atoms with Gasteiger partial charge < -0.3 is 5.11 Å². The van der Waals surface area contributed by atoms with Crippen LogP contribution in [0.3, 0.4) is 0 Å². The fourth-order valence-corrected chi connectivity index (χ4v) is 1.90. The van der Waals surface area contributed by atoms with Crippen LogP contribution in [0, 0.1) is 11.8 Å². The van der Waals surface area contributed by atoms with Crippen LogP contribution in [0.5, 0.6) is 0 Å². The lowest BCUT2D eigenvalue weighted by Gasteiger charge is -1.91. The van der Waals surface area contributed by atoms with Crippen molar-refractivity contribution in [3.8, 4) is 0 Å². The first-order valence-corrected chi connectivity index (χ1v) is 4.74. The van der Waals surface area contributed by atoms with Crippen LogP contribution < -0.4 is 0 Å². The Labute approximate surface area is 78.2 Å². The molecule has 1 aromatic rings. The average Bonchev–Trinajstić information content (AvgIpc) is 2.72. The van der Waals surface area contributed by atoms with E-state index in [1.807, 2.05) is 0 Å². The van der Waals surface area contributed by atoms with Gasteiger partial charge in [0.1, 0.15) is 0 Å². The molecule has 2 unspecified atom stereocenters. The average molecular weight is 197 g/mol. The molecule has 2 atom stereocenters. The summed E-state index contributed by atoms with van der Waals surface area (Å²) in [4.78, 5) is 25.8. The van der Waals surface area contributed by atoms with E-state index in [-0.39, 0.29) is 11.7 Å². The normalized spacial score (nSPS) is 25.5. The minimum atomic E-state index is -0.880. The minimum Gasteiger partial charge on any atom is -0.481 e. The van der Waals surface area contributed by atoms with E-state index in [1.165, 1.54) is 11.3 Å². The third-order valence-electron chi connectivity index (χ3n) is 2.09. The standard InChI is InChI=1S/C8H7NO3S/c10-6(7-9-1-2-13-7)4-3-5(4)8(11)12/h1-2,4-5H,3H2,(H,11,12). The Kier molecular flexibility index (Phi) is 1.88. The zero-order valence-electron chi connectivity index (χ0n) is 6.64. The highest BCUT2D eigenvalue weighted by Gasteiger charge is 2.48. The largest absolute Gasteiger partial charge is 0.481 e. The number of nitrogens with zero attached hydrogens (tertiary/aromatic N) is 1. The first kappa shape index (κ1) is 8.37. The molecule has 13 heavy (non-hydrogen) atoms. The van der Waals surface area contributed by atoms with E-state index in [0.29, 0.717) is 11.4 Å². The van der Waals surface area contributed by atoms with Crippen molar-refractivity contribution in [2.24, 2.45) is 11.8 Å². The number of carbonyl (C=O) groups is 2. The molecule has 5 heteroatoms. The summed E-state index contributed by atoms with van der Waals surface area (Å²) in [6.07, 6.45) is 2.02. The summed E-state index contributed by atoms with van der Waals surface area (Å²) in [6, 6.07) is 0. The number of carboxylic acid groups (broad SMARTS) is 1. The Morgan fingerprint density at radius 1 is 1.54 bits per heavy atom. The monoisotopic (exact) mass is 197 g/mol. The topological polar surface area (TPSA) is 67.3 Å². The third-order valence-corrected chi connectivity index (χ3v) is 2.88. The molecule has 1 aliphatic carbocycles. The van der Waals surface area contributed by atoms with E-state index in [2.05, 4.69) is 4.98 Å². The van der Waals surface area contributed by atoms with E-state index in [0.717, 1.165) is 0 Å². The van der Waals surface area contributed by atoms with Crippen molar-refractivity contribution >= 4 is 23.1 Å². The summed E-state index contributed by atoms with van der Waals surface area (Å²) in [5.74, 6) is -1.81. The quantitative estimate of drug-likeness (QED) is 0.735. The molecule has 1 aliphatic rings. The van der Waals surface area contributed by atoms with Gasteiger partial charge in [-0.25, -0.2) is 4.98 Å². The number of rotatable bonds is 3. The molecule has 0 saturated heterocycles. The van der Waals surface area contributed by atoms with Crippen molar-refractivity contribution < 1.29 is 14.7 Å². The van der Waals surface area contributed by atoms with Crippen LogP contribution in [0.2, 0.25) is 0 Å².